The lowest BCUT2D eigenvalue weighted by Gasteiger charge is -2.51. The molecule has 2 saturated carbocycles. The van der Waals surface area contributed by atoms with Crippen LogP contribution in [0.1, 0.15) is 45.4 Å². The summed E-state index contributed by atoms with van der Waals surface area (Å²) in [6.07, 6.45) is 7.72. The molecule has 4 heteroatoms. The van der Waals surface area contributed by atoms with Crippen molar-refractivity contribution in [3.8, 4) is 0 Å². The van der Waals surface area contributed by atoms with Crippen LogP contribution < -0.4 is 0 Å². The van der Waals surface area contributed by atoms with Gasteiger partial charge in [-0.2, -0.15) is 0 Å². The number of fused-ring (bicyclic) bond motifs is 4. The molecule has 0 aromatic rings. The van der Waals surface area contributed by atoms with Crippen LogP contribution in [0.15, 0.2) is 23.0 Å². The van der Waals surface area contributed by atoms with Gasteiger partial charge in [-0.25, -0.2) is 0 Å². The third-order valence-electron chi connectivity index (χ3n) is 7.22. The van der Waals surface area contributed by atoms with Gasteiger partial charge in [-0.15, -0.1) is 0 Å². The van der Waals surface area contributed by atoms with E-state index in [-0.39, 0.29) is 23.2 Å². The van der Waals surface area contributed by atoms with Crippen LogP contribution in [0.2, 0.25) is 0 Å². The molecule has 4 rings (SSSR count). The maximum atomic E-state index is 12.2. The Morgan fingerprint density at radius 3 is 2.78 bits per heavy atom. The Morgan fingerprint density at radius 2 is 2.04 bits per heavy atom. The Bertz CT molecular complexity index is 631. The normalized spacial score (nSPS) is 45.9. The molecular weight excluding hydrogens is 292 g/mol. The fourth-order valence-corrected chi connectivity index (χ4v) is 6.01. The van der Waals surface area contributed by atoms with Crippen LogP contribution in [0, 0.1) is 29.1 Å². The lowest BCUT2D eigenvalue weighted by molar-refractivity contribution is -0.126. The van der Waals surface area contributed by atoms with E-state index in [1.165, 1.54) is 0 Å². The first-order chi connectivity index (χ1) is 11.0. The number of ketones is 1. The molecule has 0 spiro atoms. The molecule has 0 bridgehead atoms. The van der Waals surface area contributed by atoms with Crippen molar-refractivity contribution in [3.05, 3.63) is 23.0 Å². The van der Waals surface area contributed by atoms with Crippen LogP contribution in [0.4, 0.5) is 0 Å². The van der Waals surface area contributed by atoms with E-state index in [4.69, 9.17) is 0 Å². The number of rotatable bonds is 1. The van der Waals surface area contributed by atoms with Crippen LogP contribution in [0.3, 0.4) is 0 Å². The van der Waals surface area contributed by atoms with Crippen LogP contribution in [-0.2, 0) is 9.59 Å². The topological polar surface area (TPSA) is 74.6 Å². The fourth-order valence-electron chi connectivity index (χ4n) is 6.01. The van der Waals surface area contributed by atoms with E-state index in [1.54, 1.807) is 6.08 Å². The average Bonchev–Trinajstić information content (AvgIpc) is 2.84. The minimum absolute atomic E-state index is 0.00738. The summed E-state index contributed by atoms with van der Waals surface area (Å²) in [4.78, 5) is 23.8. The maximum absolute atomic E-state index is 12.2. The minimum Gasteiger partial charge on any atom is -0.504 e. The van der Waals surface area contributed by atoms with Crippen molar-refractivity contribution in [3.63, 3.8) is 0 Å². The van der Waals surface area contributed by atoms with Crippen LogP contribution in [-0.4, -0.2) is 28.4 Å². The number of carbonyl (C=O) groups is 2. The van der Waals surface area contributed by atoms with Gasteiger partial charge in [-0.05, 0) is 78.9 Å². The number of aldehydes is 1. The summed E-state index contributed by atoms with van der Waals surface area (Å²) in [6.45, 7) is 2.21. The third kappa shape index (κ3) is 1.94. The van der Waals surface area contributed by atoms with E-state index in [0.29, 0.717) is 18.1 Å². The molecule has 6 atom stereocenters. The predicted octanol–water partition coefficient (Wildman–Crippen LogP) is 2.72. The highest BCUT2D eigenvalue weighted by Crippen LogP contribution is 2.61. The summed E-state index contributed by atoms with van der Waals surface area (Å²) in [5, 5.41) is 20.2. The van der Waals surface area contributed by atoms with Crippen molar-refractivity contribution in [2.45, 2.75) is 51.6 Å². The fraction of sp³-hybridized carbons (Fsp3) is 0.684. The van der Waals surface area contributed by atoms with E-state index in [0.717, 1.165) is 49.7 Å². The monoisotopic (exact) mass is 316 g/mol. The Hall–Kier alpha value is -1.42. The molecule has 4 aliphatic carbocycles. The highest BCUT2D eigenvalue weighted by molar-refractivity contribution is 6.07. The maximum Gasteiger partial charge on any atom is 0.211 e. The molecule has 6 unspecified atom stereocenters. The first-order valence-electron chi connectivity index (χ1n) is 8.78. The molecule has 23 heavy (non-hydrogen) atoms. The molecule has 0 aromatic carbocycles. The van der Waals surface area contributed by atoms with Gasteiger partial charge in [0, 0.05) is 0 Å². The van der Waals surface area contributed by atoms with Crippen molar-refractivity contribution in [1.29, 1.82) is 0 Å². The molecule has 4 nitrogen and oxygen atoms in total. The minimum atomic E-state index is -0.793. The van der Waals surface area contributed by atoms with E-state index < -0.39 is 11.7 Å². The summed E-state index contributed by atoms with van der Waals surface area (Å²) in [5.41, 5.74) is 1.97. The Labute approximate surface area is 136 Å². The highest BCUT2D eigenvalue weighted by Gasteiger charge is 2.56. The van der Waals surface area contributed by atoms with Gasteiger partial charge in [0.05, 0.1) is 6.10 Å². The molecule has 2 N–H and O–H groups in total. The molecule has 0 aromatic heterocycles. The second kappa shape index (κ2) is 5.04. The van der Waals surface area contributed by atoms with Gasteiger partial charge in [-0.3, -0.25) is 4.79 Å². The van der Waals surface area contributed by atoms with Crippen LogP contribution in [0.5, 0.6) is 0 Å². The zero-order valence-electron chi connectivity index (χ0n) is 13.5. The van der Waals surface area contributed by atoms with Crippen molar-refractivity contribution in [2.24, 2.45) is 29.1 Å². The second-order valence-electron chi connectivity index (χ2n) is 8.04. The third-order valence-corrected chi connectivity index (χ3v) is 7.22. The second-order valence-corrected chi connectivity index (χ2v) is 8.04. The van der Waals surface area contributed by atoms with Gasteiger partial charge in [0.15, 0.2) is 5.76 Å². The molecular formula is C19H24O4. The van der Waals surface area contributed by atoms with Gasteiger partial charge in [0.25, 0.3) is 0 Å². The summed E-state index contributed by atoms with van der Waals surface area (Å²) < 4.78 is 0. The zero-order valence-corrected chi connectivity index (χ0v) is 13.5. The van der Waals surface area contributed by atoms with Crippen molar-refractivity contribution >= 4 is 12.1 Å². The molecule has 124 valence electrons. The summed E-state index contributed by atoms with van der Waals surface area (Å²) in [5.74, 6) is -0.319. The number of Topliss-reactive ketones (excluding diaryl/α,β-unsaturated/α-hetero) is 1. The molecule has 4 aliphatic rings. The Morgan fingerprint density at radius 1 is 1.26 bits per heavy atom. The largest absolute Gasteiger partial charge is 0.504 e. The van der Waals surface area contributed by atoms with Crippen molar-refractivity contribution < 1.29 is 19.8 Å². The number of aliphatic hydroxyl groups excluding tert-OH is 2. The average molecular weight is 316 g/mol. The SMILES string of the molecule is CC12CCC3C4=C(C=C(O)C(=O)C4C=O)CCC3C1CCC2O. The Balaban J connectivity index is 1.74. The number of carbonyl (C=O) groups excluding carboxylic acids is 2. The molecule has 0 radical (unpaired) electrons. The molecule has 0 saturated heterocycles. The van der Waals surface area contributed by atoms with Crippen LogP contribution >= 0.6 is 0 Å². The van der Waals surface area contributed by atoms with Crippen molar-refractivity contribution in [2.75, 3.05) is 0 Å². The molecule has 0 aliphatic heterocycles. The van der Waals surface area contributed by atoms with E-state index in [9.17, 15) is 19.8 Å². The Kier molecular flexibility index (Phi) is 3.31. The molecule has 2 fully saturated rings. The molecule has 0 heterocycles. The quantitative estimate of drug-likeness (QED) is 0.576. The highest BCUT2D eigenvalue weighted by atomic mass is 16.3. The number of hydrogen-bond acceptors (Lipinski definition) is 4. The smallest absolute Gasteiger partial charge is 0.211 e. The summed E-state index contributed by atoms with van der Waals surface area (Å²) in [7, 11) is 0. The first-order valence-corrected chi connectivity index (χ1v) is 8.78. The van der Waals surface area contributed by atoms with Crippen molar-refractivity contribution in [1.82, 2.24) is 0 Å². The number of aliphatic hydroxyl groups is 2. The van der Waals surface area contributed by atoms with E-state index in [1.807, 2.05) is 0 Å². The standard InChI is InChI=1S/C19H24O4/c1-19-7-6-12-11(14(19)4-5-16(19)22)3-2-10-8-15(21)18(23)13(9-20)17(10)12/h8-9,11-14,16,21-22H,2-7H2,1H3. The van der Waals surface area contributed by atoms with Gasteiger partial charge in [0.1, 0.15) is 12.2 Å². The first kappa shape index (κ1) is 15.1. The number of hydrogen-bond donors (Lipinski definition) is 2. The lowest BCUT2D eigenvalue weighted by atomic mass is 9.53. The van der Waals surface area contributed by atoms with Gasteiger partial charge < -0.3 is 15.0 Å². The lowest BCUT2D eigenvalue weighted by Crippen LogP contribution is -2.46. The zero-order chi connectivity index (χ0) is 16.4. The van der Waals surface area contributed by atoms with Crippen LogP contribution in [0.25, 0.3) is 0 Å². The van der Waals surface area contributed by atoms with Gasteiger partial charge in [0.2, 0.25) is 5.78 Å². The van der Waals surface area contributed by atoms with E-state index in [2.05, 4.69) is 6.92 Å². The van der Waals surface area contributed by atoms with Gasteiger partial charge in [-0.1, -0.05) is 6.92 Å². The predicted molar refractivity (Wildman–Crippen MR) is 84.6 cm³/mol. The summed E-state index contributed by atoms with van der Waals surface area (Å²) in [6, 6.07) is 0. The molecule has 0 amide bonds. The van der Waals surface area contributed by atoms with E-state index >= 15 is 0 Å². The summed E-state index contributed by atoms with van der Waals surface area (Å²) >= 11 is 0. The number of allylic oxidation sites excluding steroid dienone is 4. The van der Waals surface area contributed by atoms with Gasteiger partial charge >= 0.3 is 0 Å².